The first kappa shape index (κ1) is 30.2. The number of rotatable bonds is 7. The molecule has 1 N–H and O–H groups in total. The normalized spacial score (nSPS) is 13.4. The largest absolute Gasteiger partial charge is 0.359 e. The Morgan fingerprint density at radius 3 is 1.25 bits per heavy atom. The lowest BCUT2D eigenvalue weighted by Gasteiger charge is -2.27. The zero-order chi connectivity index (χ0) is 34.0. The first-order valence-corrected chi connectivity index (χ1v) is 17.1. The van der Waals surface area contributed by atoms with Gasteiger partial charge in [-0.2, -0.15) is 0 Å². The number of hydrogen-bond acceptors (Lipinski definition) is 5. The number of hydrogen-bond donors (Lipinski definition) is 1. The van der Waals surface area contributed by atoms with Crippen LogP contribution in [0.25, 0.3) is 56.4 Å². The van der Waals surface area contributed by atoms with Gasteiger partial charge in [0, 0.05) is 22.4 Å². The summed E-state index contributed by atoms with van der Waals surface area (Å²) in [6.07, 6.45) is -0.00684. The molecule has 2 heterocycles. The maximum atomic E-state index is 4.98. The molecule has 0 amide bonds. The first-order chi connectivity index (χ1) is 25.3. The summed E-state index contributed by atoms with van der Waals surface area (Å²) in [5.74, 6) is 1.93. The zero-order valence-corrected chi connectivity index (χ0v) is 27.8. The van der Waals surface area contributed by atoms with E-state index in [4.69, 9.17) is 15.0 Å². The van der Waals surface area contributed by atoms with Crippen LogP contribution < -0.4 is 10.2 Å². The molecule has 51 heavy (non-hydrogen) atoms. The van der Waals surface area contributed by atoms with Gasteiger partial charge in [0.1, 0.15) is 6.17 Å². The van der Waals surface area contributed by atoms with E-state index in [2.05, 4.69) is 162 Å². The van der Waals surface area contributed by atoms with Crippen LogP contribution in [0.5, 0.6) is 0 Å². The van der Waals surface area contributed by atoms with Gasteiger partial charge < -0.3 is 10.2 Å². The Kier molecular flexibility index (Phi) is 7.84. The van der Waals surface area contributed by atoms with Crippen molar-refractivity contribution >= 4 is 17.1 Å². The van der Waals surface area contributed by atoms with Gasteiger partial charge in [-0.25, -0.2) is 15.0 Å². The van der Waals surface area contributed by atoms with Crippen molar-refractivity contribution in [2.45, 2.75) is 6.17 Å². The number of nitrogens with one attached hydrogen (secondary N) is 1. The molecule has 242 valence electrons. The smallest absolute Gasteiger partial charge is 0.164 e. The predicted molar refractivity (Wildman–Crippen MR) is 208 cm³/mol. The molecule has 1 aliphatic heterocycles. The summed E-state index contributed by atoms with van der Waals surface area (Å²) in [7, 11) is 0. The Labute approximate surface area is 297 Å². The molecule has 7 aromatic carbocycles. The number of para-hydroxylation sites is 3. The van der Waals surface area contributed by atoms with Crippen LogP contribution in [0.3, 0.4) is 0 Å². The van der Waals surface area contributed by atoms with Gasteiger partial charge in [-0.3, -0.25) is 0 Å². The van der Waals surface area contributed by atoms with Gasteiger partial charge >= 0.3 is 0 Å². The van der Waals surface area contributed by atoms with Gasteiger partial charge in [-0.1, -0.05) is 164 Å². The molecule has 0 bridgehead atoms. The molecule has 0 spiro atoms. The van der Waals surface area contributed by atoms with Crippen molar-refractivity contribution in [2.75, 3.05) is 10.2 Å². The Hall–Kier alpha value is -6.85. The van der Waals surface area contributed by atoms with E-state index in [1.165, 1.54) is 16.8 Å². The summed E-state index contributed by atoms with van der Waals surface area (Å²) in [6.45, 7) is 0. The third-order valence-electron chi connectivity index (χ3n) is 9.37. The number of benzene rings is 7. The summed E-state index contributed by atoms with van der Waals surface area (Å²) in [4.78, 5) is 17.2. The van der Waals surface area contributed by atoms with Crippen molar-refractivity contribution in [2.24, 2.45) is 0 Å². The van der Waals surface area contributed by atoms with Gasteiger partial charge in [0.25, 0.3) is 0 Å². The molecule has 0 fully saturated rings. The Bertz CT molecular complexity index is 2410. The highest BCUT2D eigenvalue weighted by molar-refractivity contribution is 5.83. The molecular formula is C46H33N5. The van der Waals surface area contributed by atoms with Crippen molar-refractivity contribution < 1.29 is 0 Å². The van der Waals surface area contributed by atoms with E-state index in [0.29, 0.717) is 17.5 Å². The minimum absolute atomic E-state index is 0.00684. The summed E-state index contributed by atoms with van der Waals surface area (Å²) in [5.41, 5.74) is 12.1. The van der Waals surface area contributed by atoms with Gasteiger partial charge in [0.15, 0.2) is 17.5 Å². The minimum atomic E-state index is -0.00684. The van der Waals surface area contributed by atoms with E-state index in [9.17, 15) is 0 Å². The second-order valence-electron chi connectivity index (χ2n) is 12.6. The number of anilines is 3. The minimum Gasteiger partial charge on any atom is -0.359 e. The van der Waals surface area contributed by atoms with Crippen LogP contribution >= 0.6 is 0 Å². The van der Waals surface area contributed by atoms with Crippen LogP contribution in [0.4, 0.5) is 17.1 Å². The quantitative estimate of drug-likeness (QED) is 0.185. The SMILES string of the molecule is c1ccc(-c2ccc(-c3nc(-c4ccccc4)nc(-c4ccc(-c5ccc(C6Nc7ccccc7N6c6ccccc6)cc5)cc4)n3)cc2)cc1. The van der Waals surface area contributed by atoms with Gasteiger partial charge in [-0.05, 0) is 52.1 Å². The molecule has 5 heteroatoms. The Morgan fingerprint density at radius 2 is 0.725 bits per heavy atom. The third-order valence-corrected chi connectivity index (χ3v) is 9.37. The highest BCUT2D eigenvalue weighted by Gasteiger charge is 2.30. The van der Waals surface area contributed by atoms with E-state index in [0.717, 1.165) is 44.8 Å². The predicted octanol–water partition coefficient (Wildman–Crippen LogP) is 11.5. The number of aromatic nitrogens is 3. The lowest BCUT2D eigenvalue weighted by atomic mass is 10.0. The lowest BCUT2D eigenvalue weighted by Crippen LogP contribution is -2.23. The molecule has 9 rings (SSSR count). The van der Waals surface area contributed by atoms with Crippen LogP contribution in [0.1, 0.15) is 11.7 Å². The standard InChI is InChI=1S/C46H33N5/c1-4-12-32(13-5-1)33-20-26-37(27-21-33)44-48-43(36-14-6-2-7-15-36)49-45(50-44)38-28-22-34(23-29-38)35-24-30-39(31-25-35)46-47-41-18-10-11-19-42(41)51(46)40-16-8-3-9-17-40/h1-31,46-47H. The van der Waals surface area contributed by atoms with Gasteiger partial charge in [0.2, 0.25) is 0 Å². The summed E-state index contributed by atoms with van der Waals surface area (Å²) >= 11 is 0. The number of nitrogens with zero attached hydrogens (tertiary/aromatic N) is 4. The molecule has 1 unspecified atom stereocenters. The highest BCUT2D eigenvalue weighted by Crippen LogP contribution is 2.46. The second kappa shape index (κ2) is 13.2. The van der Waals surface area contributed by atoms with E-state index in [1.54, 1.807) is 0 Å². The first-order valence-electron chi connectivity index (χ1n) is 17.1. The number of fused-ring (bicyclic) bond motifs is 1. The molecule has 1 atom stereocenters. The maximum Gasteiger partial charge on any atom is 0.164 e. The third kappa shape index (κ3) is 6.02. The van der Waals surface area contributed by atoms with E-state index in [-0.39, 0.29) is 6.17 Å². The molecule has 0 radical (unpaired) electrons. The van der Waals surface area contributed by atoms with Crippen LogP contribution in [-0.4, -0.2) is 15.0 Å². The average Bonchev–Trinajstić information content (AvgIpc) is 3.62. The summed E-state index contributed by atoms with van der Waals surface area (Å²) in [5, 5.41) is 3.73. The fourth-order valence-electron chi connectivity index (χ4n) is 6.73. The average molecular weight is 656 g/mol. The zero-order valence-electron chi connectivity index (χ0n) is 27.8. The molecular weight excluding hydrogens is 623 g/mol. The van der Waals surface area contributed by atoms with Crippen molar-refractivity contribution in [1.82, 2.24) is 15.0 Å². The molecule has 5 nitrogen and oxygen atoms in total. The monoisotopic (exact) mass is 655 g/mol. The van der Waals surface area contributed by atoms with E-state index < -0.39 is 0 Å². The summed E-state index contributed by atoms with van der Waals surface area (Å²) < 4.78 is 0. The van der Waals surface area contributed by atoms with Crippen molar-refractivity contribution in [3.8, 4) is 56.4 Å². The van der Waals surface area contributed by atoms with Crippen LogP contribution in [0.2, 0.25) is 0 Å². The summed E-state index contributed by atoms with van der Waals surface area (Å²) in [6, 6.07) is 65.2. The lowest BCUT2D eigenvalue weighted by molar-refractivity contribution is 0.828. The molecule has 8 aromatic rings. The van der Waals surface area contributed by atoms with Crippen molar-refractivity contribution in [1.29, 1.82) is 0 Å². The maximum absolute atomic E-state index is 4.98. The van der Waals surface area contributed by atoms with Crippen molar-refractivity contribution in [3.05, 3.63) is 194 Å². The topological polar surface area (TPSA) is 53.9 Å². The molecule has 0 saturated carbocycles. The highest BCUT2D eigenvalue weighted by atomic mass is 15.3. The van der Waals surface area contributed by atoms with Crippen LogP contribution in [0, 0.1) is 0 Å². The Balaban J connectivity index is 1.01. The van der Waals surface area contributed by atoms with Crippen LogP contribution in [-0.2, 0) is 0 Å². The molecule has 0 saturated heterocycles. The van der Waals surface area contributed by atoms with Gasteiger partial charge in [0.05, 0.1) is 11.4 Å². The van der Waals surface area contributed by atoms with E-state index >= 15 is 0 Å². The van der Waals surface area contributed by atoms with Crippen molar-refractivity contribution in [3.63, 3.8) is 0 Å². The van der Waals surface area contributed by atoms with E-state index in [1.807, 2.05) is 36.4 Å². The Morgan fingerprint density at radius 1 is 0.353 bits per heavy atom. The molecule has 1 aliphatic rings. The molecule has 0 aliphatic carbocycles. The second-order valence-corrected chi connectivity index (χ2v) is 12.6. The fraction of sp³-hybridized carbons (Fsp3) is 0.0217. The fourth-order valence-corrected chi connectivity index (χ4v) is 6.73. The molecule has 1 aromatic heterocycles. The van der Waals surface area contributed by atoms with Gasteiger partial charge in [-0.15, -0.1) is 0 Å². The van der Waals surface area contributed by atoms with Crippen LogP contribution in [0.15, 0.2) is 188 Å².